The van der Waals surface area contributed by atoms with E-state index in [0.29, 0.717) is 18.3 Å². The molecule has 1 aliphatic carbocycles. The fourth-order valence-electron chi connectivity index (χ4n) is 3.36. The molecule has 1 aromatic heterocycles. The van der Waals surface area contributed by atoms with Crippen LogP contribution in [0.25, 0.3) is 11.4 Å². The van der Waals surface area contributed by atoms with Crippen LogP contribution in [0.4, 0.5) is 0 Å². The average molecular weight is 341 g/mol. The maximum absolute atomic E-state index is 13.0. The van der Waals surface area contributed by atoms with Crippen LogP contribution in [0.5, 0.6) is 0 Å². The molecule has 134 valence electrons. The lowest BCUT2D eigenvalue weighted by Gasteiger charge is -2.37. The zero-order valence-corrected chi connectivity index (χ0v) is 15.4. The Balaban J connectivity index is 1.80. The summed E-state index contributed by atoms with van der Waals surface area (Å²) in [6.07, 6.45) is 5.73. The van der Waals surface area contributed by atoms with Crippen molar-refractivity contribution in [1.29, 1.82) is 0 Å². The summed E-state index contributed by atoms with van der Waals surface area (Å²) >= 11 is 0. The van der Waals surface area contributed by atoms with E-state index in [0.717, 1.165) is 18.4 Å². The van der Waals surface area contributed by atoms with E-state index in [1.807, 2.05) is 56.0 Å². The topological polar surface area (TPSA) is 59.2 Å². The third-order valence-corrected chi connectivity index (χ3v) is 4.72. The van der Waals surface area contributed by atoms with Crippen LogP contribution < -0.4 is 0 Å². The van der Waals surface area contributed by atoms with Crippen molar-refractivity contribution in [2.75, 3.05) is 0 Å². The predicted molar refractivity (Wildman–Crippen MR) is 96.6 cm³/mol. The van der Waals surface area contributed by atoms with E-state index in [4.69, 9.17) is 4.52 Å². The van der Waals surface area contributed by atoms with Crippen molar-refractivity contribution in [3.05, 3.63) is 36.2 Å². The molecular formula is C20H27N3O2. The molecule has 0 spiro atoms. The maximum atomic E-state index is 13.0. The minimum absolute atomic E-state index is 0.152. The Bertz CT molecular complexity index is 697. The van der Waals surface area contributed by atoms with Gasteiger partial charge >= 0.3 is 0 Å². The van der Waals surface area contributed by atoms with Crippen LogP contribution in [0.15, 0.2) is 34.9 Å². The molecule has 0 radical (unpaired) electrons. The summed E-state index contributed by atoms with van der Waals surface area (Å²) in [5.74, 6) is 1.23. The van der Waals surface area contributed by atoms with Crippen molar-refractivity contribution in [2.45, 2.75) is 65.5 Å². The zero-order chi connectivity index (χ0) is 17.9. The quantitative estimate of drug-likeness (QED) is 0.824. The molecule has 1 aliphatic rings. The molecular weight excluding hydrogens is 314 g/mol. The molecule has 1 fully saturated rings. The molecule has 1 heterocycles. The van der Waals surface area contributed by atoms with Gasteiger partial charge in [-0.3, -0.25) is 4.79 Å². The van der Waals surface area contributed by atoms with Crippen LogP contribution in [-0.4, -0.2) is 27.0 Å². The fourth-order valence-corrected chi connectivity index (χ4v) is 3.36. The van der Waals surface area contributed by atoms with Gasteiger partial charge < -0.3 is 9.42 Å². The number of amides is 1. The van der Waals surface area contributed by atoms with Crippen molar-refractivity contribution in [1.82, 2.24) is 15.0 Å². The number of rotatable bonds is 4. The minimum atomic E-state index is -0.417. The molecule has 25 heavy (non-hydrogen) atoms. The molecule has 1 amide bonds. The Morgan fingerprint density at radius 2 is 1.84 bits per heavy atom. The van der Waals surface area contributed by atoms with Gasteiger partial charge in [-0.05, 0) is 12.8 Å². The lowest BCUT2D eigenvalue weighted by molar-refractivity contribution is -0.143. The minimum Gasteiger partial charge on any atom is -0.337 e. The highest BCUT2D eigenvalue weighted by Crippen LogP contribution is 2.28. The van der Waals surface area contributed by atoms with Gasteiger partial charge in [0.05, 0.1) is 0 Å². The van der Waals surface area contributed by atoms with Crippen molar-refractivity contribution < 1.29 is 9.32 Å². The van der Waals surface area contributed by atoms with E-state index in [9.17, 15) is 4.79 Å². The van der Waals surface area contributed by atoms with Crippen molar-refractivity contribution >= 4 is 5.91 Å². The van der Waals surface area contributed by atoms with Gasteiger partial charge in [0.1, 0.15) is 6.54 Å². The summed E-state index contributed by atoms with van der Waals surface area (Å²) in [5.41, 5.74) is 0.503. The Kier molecular flexibility index (Phi) is 5.21. The molecule has 0 bridgehead atoms. The van der Waals surface area contributed by atoms with Crippen LogP contribution >= 0.6 is 0 Å². The molecule has 2 aromatic rings. The second kappa shape index (κ2) is 7.38. The van der Waals surface area contributed by atoms with Gasteiger partial charge in [-0.2, -0.15) is 4.98 Å². The summed E-state index contributed by atoms with van der Waals surface area (Å²) in [7, 11) is 0. The van der Waals surface area contributed by atoms with Crippen molar-refractivity contribution in [2.24, 2.45) is 5.41 Å². The molecule has 0 unspecified atom stereocenters. The van der Waals surface area contributed by atoms with E-state index in [-0.39, 0.29) is 11.9 Å². The highest BCUT2D eigenvalue weighted by atomic mass is 16.5. The number of benzene rings is 1. The Hall–Kier alpha value is -2.17. The first kappa shape index (κ1) is 17.6. The molecule has 0 saturated heterocycles. The van der Waals surface area contributed by atoms with Gasteiger partial charge in [0.15, 0.2) is 0 Å². The molecule has 0 aliphatic heterocycles. The fraction of sp³-hybridized carbons (Fsp3) is 0.550. The van der Waals surface area contributed by atoms with Gasteiger partial charge in [0, 0.05) is 17.0 Å². The molecule has 1 aromatic carbocycles. The lowest BCUT2D eigenvalue weighted by atomic mass is 9.89. The summed E-state index contributed by atoms with van der Waals surface area (Å²) in [6, 6.07) is 10.0. The first-order valence-corrected chi connectivity index (χ1v) is 9.14. The predicted octanol–water partition coefficient (Wildman–Crippen LogP) is 4.44. The van der Waals surface area contributed by atoms with Crippen LogP contribution in [0.2, 0.25) is 0 Å². The van der Waals surface area contributed by atoms with Gasteiger partial charge in [-0.15, -0.1) is 0 Å². The summed E-state index contributed by atoms with van der Waals surface area (Å²) in [5, 5.41) is 4.08. The largest absolute Gasteiger partial charge is 0.337 e. The number of aromatic nitrogens is 2. The molecule has 0 atom stereocenters. The first-order chi connectivity index (χ1) is 11.9. The lowest BCUT2D eigenvalue weighted by Crippen LogP contribution is -2.46. The molecule has 0 N–H and O–H groups in total. The third kappa shape index (κ3) is 4.27. The Labute approximate surface area is 149 Å². The third-order valence-electron chi connectivity index (χ3n) is 4.72. The van der Waals surface area contributed by atoms with Crippen LogP contribution in [-0.2, 0) is 11.3 Å². The Morgan fingerprint density at radius 1 is 1.16 bits per heavy atom. The van der Waals surface area contributed by atoms with Crippen molar-refractivity contribution in [3.63, 3.8) is 0 Å². The van der Waals surface area contributed by atoms with Gasteiger partial charge in [-0.25, -0.2) is 0 Å². The number of hydrogen-bond donors (Lipinski definition) is 0. The highest BCUT2D eigenvalue weighted by molar-refractivity contribution is 5.81. The van der Waals surface area contributed by atoms with E-state index < -0.39 is 5.41 Å². The van der Waals surface area contributed by atoms with Crippen LogP contribution in [0, 0.1) is 5.41 Å². The smallest absolute Gasteiger partial charge is 0.246 e. The number of carbonyl (C=O) groups is 1. The van der Waals surface area contributed by atoms with Crippen LogP contribution in [0.3, 0.4) is 0 Å². The van der Waals surface area contributed by atoms with E-state index in [1.54, 1.807) is 0 Å². The second-order valence-electron chi connectivity index (χ2n) is 7.85. The van der Waals surface area contributed by atoms with E-state index in [2.05, 4.69) is 10.1 Å². The number of nitrogens with zero attached hydrogens (tertiary/aromatic N) is 3. The van der Waals surface area contributed by atoms with Gasteiger partial charge in [0.25, 0.3) is 0 Å². The Morgan fingerprint density at radius 3 is 2.48 bits per heavy atom. The first-order valence-electron chi connectivity index (χ1n) is 9.14. The summed E-state index contributed by atoms with van der Waals surface area (Å²) in [4.78, 5) is 19.4. The second-order valence-corrected chi connectivity index (χ2v) is 7.85. The standard InChI is InChI=1S/C20H27N3O2/c1-20(2,3)19(24)23(16-12-8-5-9-13-16)14-17-21-18(22-25-17)15-10-6-4-7-11-15/h4,6-7,10-11,16H,5,8-9,12-14H2,1-3H3. The monoisotopic (exact) mass is 341 g/mol. The van der Waals surface area contributed by atoms with Gasteiger partial charge in [0.2, 0.25) is 17.6 Å². The highest BCUT2D eigenvalue weighted by Gasteiger charge is 2.33. The maximum Gasteiger partial charge on any atom is 0.246 e. The number of carbonyl (C=O) groups excluding carboxylic acids is 1. The van der Waals surface area contributed by atoms with Crippen LogP contribution in [0.1, 0.15) is 58.8 Å². The van der Waals surface area contributed by atoms with Crippen molar-refractivity contribution in [3.8, 4) is 11.4 Å². The van der Waals surface area contributed by atoms with E-state index in [1.165, 1.54) is 19.3 Å². The zero-order valence-electron chi connectivity index (χ0n) is 15.4. The molecule has 3 rings (SSSR count). The van der Waals surface area contributed by atoms with Gasteiger partial charge in [-0.1, -0.05) is 75.5 Å². The summed E-state index contributed by atoms with van der Waals surface area (Å²) in [6.45, 7) is 6.29. The van der Waals surface area contributed by atoms with E-state index >= 15 is 0 Å². The normalized spacial score (nSPS) is 16.0. The SMILES string of the molecule is CC(C)(C)C(=O)N(Cc1nc(-c2ccccc2)no1)C1CCCCC1. The molecule has 5 heteroatoms. The summed E-state index contributed by atoms with van der Waals surface area (Å²) < 4.78 is 5.45. The molecule has 1 saturated carbocycles. The average Bonchev–Trinajstić information content (AvgIpc) is 3.08. The molecule has 5 nitrogen and oxygen atoms in total. The number of hydrogen-bond acceptors (Lipinski definition) is 4.